The number of carboxylic acid groups (broad SMARTS) is 1. The van der Waals surface area contributed by atoms with Crippen LogP contribution >= 0.6 is 0 Å². The molecule has 4 atom stereocenters. The Kier molecular flexibility index (Phi) is 12.7. The zero-order chi connectivity index (χ0) is 26.5. The van der Waals surface area contributed by atoms with E-state index in [4.69, 9.17) is 10.8 Å². The van der Waals surface area contributed by atoms with Crippen molar-refractivity contribution in [3.05, 3.63) is 0 Å². The van der Waals surface area contributed by atoms with E-state index in [9.17, 15) is 33.9 Å². The molecule has 0 aromatic carbocycles. The molecule has 1 aliphatic rings. The quantitative estimate of drug-likeness (QED) is 0.119. The van der Waals surface area contributed by atoms with Crippen molar-refractivity contribution in [2.24, 2.45) is 11.7 Å². The molecule has 35 heavy (non-hydrogen) atoms. The summed E-state index contributed by atoms with van der Waals surface area (Å²) in [6, 6.07) is -2.85. The summed E-state index contributed by atoms with van der Waals surface area (Å²) in [6.45, 7) is 2.81. The molecule has 14 nitrogen and oxygen atoms in total. The van der Waals surface area contributed by atoms with Gasteiger partial charge in [0.05, 0.1) is 18.7 Å². The van der Waals surface area contributed by atoms with Gasteiger partial charge in [-0.1, -0.05) is 13.8 Å². The number of aliphatic carboxylic acids is 1. The van der Waals surface area contributed by atoms with Gasteiger partial charge >= 0.3 is 5.97 Å². The number of rotatable bonds is 14. The Morgan fingerprint density at radius 3 is 2.20 bits per heavy atom. The second kappa shape index (κ2) is 14.9. The Balaban J connectivity index is 2.75. The number of aliphatic hydroxyl groups is 1. The average molecular weight is 501 g/mol. The average Bonchev–Trinajstić information content (AvgIpc) is 2.77. The number of carbonyl (C=O) groups is 6. The summed E-state index contributed by atoms with van der Waals surface area (Å²) >= 11 is 0. The molecule has 0 spiro atoms. The van der Waals surface area contributed by atoms with Crippen LogP contribution in [0.2, 0.25) is 0 Å². The Labute approximate surface area is 203 Å². The zero-order valence-corrected chi connectivity index (χ0v) is 20.0. The van der Waals surface area contributed by atoms with Gasteiger partial charge in [0.25, 0.3) is 0 Å². The summed E-state index contributed by atoms with van der Waals surface area (Å²) in [7, 11) is 0. The lowest BCUT2D eigenvalue weighted by Crippen LogP contribution is -2.56. The van der Waals surface area contributed by atoms with Gasteiger partial charge in [-0.2, -0.15) is 0 Å². The highest BCUT2D eigenvalue weighted by atomic mass is 16.4. The summed E-state index contributed by atoms with van der Waals surface area (Å²) in [5.74, 6) is -4.57. The van der Waals surface area contributed by atoms with Crippen LogP contribution in [0.4, 0.5) is 0 Å². The van der Waals surface area contributed by atoms with Crippen molar-refractivity contribution in [3.63, 3.8) is 0 Å². The normalized spacial score (nSPS) is 19.2. The number of hydrogen-bond donors (Lipinski definition) is 8. The van der Waals surface area contributed by atoms with Crippen molar-refractivity contribution in [1.29, 1.82) is 0 Å². The molecule has 198 valence electrons. The lowest BCUT2D eigenvalue weighted by molar-refractivity contribution is -0.138. The Morgan fingerprint density at radius 1 is 0.971 bits per heavy atom. The Hall–Kier alpha value is -3.26. The Morgan fingerprint density at radius 2 is 1.66 bits per heavy atom. The van der Waals surface area contributed by atoms with E-state index in [0.717, 1.165) is 0 Å². The fraction of sp³-hybridized carbons (Fsp3) is 0.714. The Bertz CT molecular complexity index is 782. The zero-order valence-electron chi connectivity index (χ0n) is 20.0. The van der Waals surface area contributed by atoms with Crippen LogP contribution in [0.3, 0.4) is 0 Å². The second-order valence-electron chi connectivity index (χ2n) is 8.84. The maximum atomic E-state index is 12.8. The van der Waals surface area contributed by atoms with Crippen molar-refractivity contribution in [3.8, 4) is 0 Å². The van der Waals surface area contributed by atoms with Crippen LogP contribution in [0.1, 0.15) is 46.0 Å². The van der Waals surface area contributed by atoms with Gasteiger partial charge in [0.15, 0.2) is 0 Å². The molecular weight excluding hydrogens is 464 g/mol. The summed E-state index contributed by atoms with van der Waals surface area (Å²) in [5.41, 5.74) is 5.16. The van der Waals surface area contributed by atoms with E-state index in [1.165, 1.54) is 0 Å². The minimum Gasteiger partial charge on any atom is -0.480 e. The first-order valence-electron chi connectivity index (χ1n) is 11.5. The van der Waals surface area contributed by atoms with Gasteiger partial charge in [-0.05, 0) is 31.6 Å². The molecule has 1 aliphatic heterocycles. The molecule has 5 amide bonds. The summed E-state index contributed by atoms with van der Waals surface area (Å²) in [6.07, 6.45) is 0.154. The number of β-amino-alcohol motifs (C(OH)–C–C–N with tert-alkyl or cyclic N) is 1. The molecule has 0 aromatic rings. The maximum absolute atomic E-state index is 12.8. The van der Waals surface area contributed by atoms with Crippen LogP contribution in [-0.4, -0.2) is 89.6 Å². The number of hydrogen-bond acceptors (Lipinski definition) is 8. The van der Waals surface area contributed by atoms with E-state index < -0.39 is 72.8 Å². The van der Waals surface area contributed by atoms with Gasteiger partial charge in [-0.3, -0.25) is 28.8 Å². The first kappa shape index (κ1) is 29.8. The van der Waals surface area contributed by atoms with Gasteiger partial charge in [0, 0.05) is 13.0 Å². The number of aliphatic hydroxyl groups excluding tert-OH is 1. The molecule has 0 radical (unpaired) electrons. The molecule has 1 heterocycles. The SMILES string of the molecule is CC(C)C[C@@H](NC(=O)[C@@H](CCC(N)=O)NC(=O)CNC(=O)[C@H]1CC[C@H](O)CN1)C(=O)NCC(=O)O. The number of nitrogens with two attached hydrogens (primary N) is 1. The van der Waals surface area contributed by atoms with E-state index in [-0.39, 0.29) is 31.7 Å². The van der Waals surface area contributed by atoms with Gasteiger partial charge in [-0.15, -0.1) is 0 Å². The number of nitrogens with one attached hydrogen (secondary N) is 5. The fourth-order valence-electron chi connectivity index (χ4n) is 3.42. The number of carbonyl (C=O) groups excluding carboxylic acids is 5. The molecule has 1 rings (SSSR count). The van der Waals surface area contributed by atoms with Crippen LogP contribution in [0, 0.1) is 5.92 Å². The van der Waals surface area contributed by atoms with E-state index in [2.05, 4.69) is 26.6 Å². The van der Waals surface area contributed by atoms with E-state index in [1.54, 1.807) is 13.8 Å². The molecule has 0 aliphatic carbocycles. The van der Waals surface area contributed by atoms with Crippen molar-refractivity contribution < 1.29 is 39.0 Å². The van der Waals surface area contributed by atoms with Crippen LogP contribution in [0.5, 0.6) is 0 Å². The molecular formula is C21H36N6O8. The summed E-state index contributed by atoms with van der Waals surface area (Å²) < 4.78 is 0. The predicted molar refractivity (Wildman–Crippen MR) is 122 cm³/mol. The topological polar surface area (TPSA) is 229 Å². The lowest BCUT2D eigenvalue weighted by atomic mass is 10.0. The molecule has 0 bridgehead atoms. The minimum atomic E-state index is -1.25. The number of piperidine rings is 1. The fourth-order valence-corrected chi connectivity index (χ4v) is 3.42. The highest BCUT2D eigenvalue weighted by Crippen LogP contribution is 2.08. The molecule has 0 aromatic heterocycles. The van der Waals surface area contributed by atoms with Gasteiger partial charge in [0.1, 0.15) is 18.6 Å². The first-order valence-corrected chi connectivity index (χ1v) is 11.5. The number of primary amides is 1. The van der Waals surface area contributed by atoms with E-state index in [0.29, 0.717) is 12.8 Å². The van der Waals surface area contributed by atoms with Crippen LogP contribution in [0.15, 0.2) is 0 Å². The monoisotopic (exact) mass is 500 g/mol. The highest BCUT2D eigenvalue weighted by Gasteiger charge is 2.29. The summed E-state index contributed by atoms with van der Waals surface area (Å²) in [5, 5.41) is 30.7. The van der Waals surface area contributed by atoms with Gasteiger partial charge < -0.3 is 42.5 Å². The largest absolute Gasteiger partial charge is 0.480 e. The summed E-state index contributed by atoms with van der Waals surface area (Å²) in [4.78, 5) is 71.8. The molecule has 14 heteroatoms. The van der Waals surface area contributed by atoms with Crippen molar-refractivity contribution >= 4 is 35.5 Å². The van der Waals surface area contributed by atoms with Crippen LogP contribution in [-0.2, 0) is 28.8 Å². The van der Waals surface area contributed by atoms with Crippen molar-refractivity contribution in [1.82, 2.24) is 26.6 Å². The third-order valence-electron chi connectivity index (χ3n) is 5.21. The molecule has 1 saturated heterocycles. The smallest absolute Gasteiger partial charge is 0.322 e. The molecule has 1 fully saturated rings. The third-order valence-corrected chi connectivity index (χ3v) is 5.21. The first-order chi connectivity index (χ1) is 16.4. The third kappa shape index (κ3) is 12.1. The van der Waals surface area contributed by atoms with Crippen LogP contribution in [0.25, 0.3) is 0 Å². The molecule has 0 saturated carbocycles. The second-order valence-corrected chi connectivity index (χ2v) is 8.84. The van der Waals surface area contributed by atoms with Crippen molar-refractivity contribution in [2.75, 3.05) is 19.6 Å². The number of carboxylic acids is 1. The van der Waals surface area contributed by atoms with Crippen LogP contribution < -0.4 is 32.3 Å². The molecule has 0 unspecified atom stereocenters. The van der Waals surface area contributed by atoms with E-state index in [1.807, 2.05) is 0 Å². The minimum absolute atomic E-state index is 0.0285. The molecule has 9 N–H and O–H groups in total. The highest BCUT2D eigenvalue weighted by molar-refractivity contribution is 5.94. The number of amides is 5. The van der Waals surface area contributed by atoms with Gasteiger partial charge in [-0.25, -0.2) is 0 Å². The standard InChI is InChI=1S/C21H36N6O8/c1-11(2)7-15(20(34)25-10-18(31)32)27-21(35)14(5-6-16(22)29)26-17(30)9-24-19(33)13-4-3-12(28)8-23-13/h11-15,23,28H,3-10H2,1-2H3,(H2,22,29)(H,24,33)(H,25,34)(H,26,30)(H,27,35)(H,31,32)/t12-,13+,14+,15+/m0/s1. The lowest BCUT2D eigenvalue weighted by Gasteiger charge is -2.26. The predicted octanol–water partition coefficient (Wildman–Crippen LogP) is -3.30. The van der Waals surface area contributed by atoms with Gasteiger partial charge in [0.2, 0.25) is 29.5 Å². The van der Waals surface area contributed by atoms with Crippen molar-refractivity contribution in [2.45, 2.75) is 70.2 Å². The van der Waals surface area contributed by atoms with E-state index >= 15 is 0 Å². The maximum Gasteiger partial charge on any atom is 0.322 e.